The van der Waals surface area contributed by atoms with Crippen LogP contribution in [0.5, 0.6) is 5.75 Å². The maximum atomic E-state index is 12.9. The zero-order chi connectivity index (χ0) is 16.8. The molecule has 0 N–H and O–H groups in total. The van der Waals surface area contributed by atoms with Gasteiger partial charge in [-0.3, -0.25) is 4.79 Å². The summed E-state index contributed by atoms with van der Waals surface area (Å²) in [5.74, 6) is 0.831. The molecule has 24 heavy (non-hydrogen) atoms. The molecule has 1 heterocycles. The standard InChI is InChI=1S/C19H24N2O2S/c1-2-21(17-8-4-3-5-9-17)19(22)15-7-6-10-18(11-15)23-12-16-13-24-14-20-16/h6-7,10-11,13-14,17H,2-5,8-9,12H2,1H3. The third-order valence-corrected chi connectivity index (χ3v) is 5.20. The lowest BCUT2D eigenvalue weighted by Crippen LogP contribution is -2.41. The molecule has 0 spiro atoms. The van der Waals surface area contributed by atoms with Crippen LogP contribution >= 0.6 is 11.3 Å². The van der Waals surface area contributed by atoms with Gasteiger partial charge in [-0.15, -0.1) is 11.3 Å². The van der Waals surface area contributed by atoms with Crippen molar-refractivity contribution >= 4 is 17.2 Å². The van der Waals surface area contributed by atoms with Gasteiger partial charge in [-0.2, -0.15) is 0 Å². The van der Waals surface area contributed by atoms with Crippen LogP contribution in [0.15, 0.2) is 35.2 Å². The van der Waals surface area contributed by atoms with Gasteiger partial charge in [0.15, 0.2) is 0 Å². The van der Waals surface area contributed by atoms with Crippen molar-refractivity contribution in [1.29, 1.82) is 0 Å². The summed E-state index contributed by atoms with van der Waals surface area (Å²) in [4.78, 5) is 19.2. The van der Waals surface area contributed by atoms with Crippen molar-refractivity contribution in [3.05, 3.63) is 46.4 Å². The van der Waals surface area contributed by atoms with Crippen molar-refractivity contribution in [2.24, 2.45) is 0 Å². The summed E-state index contributed by atoms with van der Waals surface area (Å²) in [5, 5.41) is 1.97. The molecule has 0 bridgehead atoms. The molecule has 5 heteroatoms. The molecule has 4 nitrogen and oxygen atoms in total. The van der Waals surface area contributed by atoms with Gasteiger partial charge in [-0.1, -0.05) is 25.3 Å². The van der Waals surface area contributed by atoms with Crippen LogP contribution in [0, 0.1) is 0 Å². The molecular weight excluding hydrogens is 320 g/mol. The average Bonchev–Trinajstić information content (AvgIpc) is 3.15. The van der Waals surface area contributed by atoms with E-state index >= 15 is 0 Å². The van der Waals surface area contributed by atoms with E-state index in [4.69, 9.17) is 4.74 Å². The Hall–Kier alpha value is -1.88. The quantitative estimate of drug-likeness (QED) is 0.774. The van der Waals surface area contributed by atoms with E-state index in [1.54, 1.807) is 16.8 Å². The zero-order valence-electron chi connectivity index (χ0n) is 14.1. The first kappa shape index (κ1) is 17.0. The monoisotopic (exact) mass is 344 g/mol. The molecule has 2 aromatic rings. The number of carbonyl (C=O) groups is 1. The Balaban J connectivity index is 1.68. The number of ether oxygens (including phenoxy) is 1. The van der Waals surface area contributed by atoms with Crippen molar-refractivity contribution in [2.45, 2.75) is 51.7 Å². The Morgan fingerprint density at radius 3 is 2.88 bits per heavy atom. The molecule has 1 aromatic carbocycles. The highest BCUT2D eigenvalue weighted by Gasteiger charge is 2.25. The summed E-state index contributed by atoms with van der Waals surface area (Å²) in [6.45, 7) is 3.25. The Kier molecular flexibility index (Phi) is 5.86. The molecule has 128 valence electrons. The summed E-state index contributed by atoms with van der Waals surface area (Å²) >= 11 is 1.55. The third-order valence-electron chi connectivity index (χ3n) is 4.57. The fraction of sp³-hybridized carbons (Fsp3) is 0.474. The maximum Gasteiger partial charge on any atom is 0.254 e. The Morgan fingerprint density at radius 1 is 1.33 bits per heavy atom. The first-order valence-corrected chi connectivity index (χ1v) is 9.63. The number of hydrogen-bond donors (Lipinski definition) is 0. The second-order valence-corrected chi connectivity index (χ2v) is 6.90. The lowest BCUT2D eigenvalue weighted by molar-refractivity contribution is 0.0647. The van der Waals surface area contributed by atoms with Crippen LogP contribution in [0.3, 0.4) is 0 Å². The van der Waals surface area contributed by atoms with Crippen LogP contribution in [-0.4, -0.2) is 28.4 Å². The van der Waals surface area contributed by atoms with E-state index < -0.39 is 0 Å². The van der Waals surface area contributed by atoms with E-state index in [0.717, 1.165) is 25.1 Å². The first-order valence-electron chi connectivity index (χ1n) is 8.69. The van der Waals surface area contributed by atoms with Crippen LogP contribution in [0.25, 0.3) is 0 Å². The number of carbonyl (C=O) groups excluding carboxylic acids is 1. The van der Waals surface area contributed by atoms with E-state index in [9.17, 15) is 4.79 Å². The highest BCUT2D eigenvalue weighted by molar-refractivity contribution is 7.07. The predicted octanol–water partition coefficient (Wildman–Crippen LogP) is 4.52. The molecule has 0 radical (unpaired) electrons. The minimum atomic E-state index is 0.114. The highest BCUT2D eigenvalue weighted by Crippen LogP contribution is 2.25. The lowest BCUT2D eigenvalue weighted by Gasteiger charge is -2.33. The minimum absolute atomic E-state index is 0.114. The van der Waals surface area contributed by atoms with Crippen LogP contribution in [-0.2, 0) is 6.61 Å². The van der Waals surface area contributed by atoms with Gasteiger partial charge in [0.25, 0.3) is 5.91 Å². The Bertz CT molecular complexity index is 651. The number of thiazole rings is 1. The number of amides is 1. The van der Waals surface area contributed by atoms with Gasteiger partial charge in [-0.05, 0) is 38.0 Å². The molecule has 1 aliphatic rings. The molecule has 1 saturated carbocycles. The van der Waals surface area contributed by atoms with Crippen LogP contribution in [0.1, 0.15) is 55.1 Å². The molecular formula is C19H24N2O2S. The fourth-order valence-electron chi connectivity index (χ4n) is 3.31. The van der Waals surface area contributed by atoms with Crippen LogP contribution in [0.4, 0.5) is 0 Å². The molecule has 0 saturated heterocycles. The highest BCUT2D eigenvalue weighted by atomic mass is 32.1. The van der Waals surface area contributed by atoms with Crippen molar-refractivity contribution in [1.82, 2.24) is 9.88 Å². The molecule has 3 rings (SSSR count). The van der Waals surface area contributed by atoms with Gasteiger partial charge in [0.05, 0.1) is 11.2 Å². The fourth-order valence-corrected chi connectivity index (χ4v) is 3.85. The number of benzene rings is 1. The third kappa shape index (κ3) is 4.15. The maximum absolute atomic E-state index is 12.9. The van der Waals surface area contributed by atoms with Crippen LogP contribution < -0.4 is 4.74 Å². The molecule has 0 atom stereocenters. The van der Waals surface area contributed by atoms with Gasteiger partial charge in [-0.25, -0.2) is 4.98 Å². The molecule has 1 amide bonds. The minimum Gasteiger partial charge on any atom is -0.487 e. The van der Waals surface area contributed by atoms with E-state index in [2.05, 4.69) is 11.9 Å². The van der Waals surface area contributed by atoms with Crippen molar-refractivity contribution in [2.75, 3.05) is 6.54 Å². The van der Waals surface area contributed by atoms with E-state index in [0.29, 0.717) is 24.0 Å². The van der Waals surface area contributed by atoms with E-state index in [1.165, 1.54) is 19.3 Å². The van der Waals surface area contributed by atoms with Crippen molar-refractivity contribution in [3.8, 4) is 5.75 Å². The van der Waals surface area contributed by atoms with Gasteiger partial charge >= 0.3 is 0 Å². The molecule has 1 aliphatic carbocycles. The summed E-state index contributed by atoms with van der Waals surface area (Å²) < 4.78 is 5.77. The van der Waals surface area contributed by atoms with Crippen molar-refractivity contribution < 1.29 is 9.53 Å². The summed E-state index contributed by atoms with van der Waals surface area (Å²) in [6.07, 6.45) is 6.00. The number of hydrogen-bond acceptors (Lipinski definition) is 4. The van der Waals surface area contributed by atoms with E-state index in [1.807, 2.05) is 34.5 Å². The average molecular weight is 344 g/mol. The normalized spacial score (nSPS) is 15.2. The SMILES string of the molecule is CCN(C(=O)c1cccc(OCc2cscn2)c1)C1CCCCC1. The molecule has 0 unspecified atom stereocenters. The first-order chi connectivity index (χ1) is 11.8. The largest absolute Gasteiger partial charge is 0.487 e. The molecule has 1 aromatic heterocycles. The lowest BCUT2D eigenvalue weighted by atomic mass is 9.93. The van der Waals surface area contributed by atoms with Gasteiger partial charge in [0, 0.05) is 23.5 Å². The summed E-state index contributed by atoms with van der Waals surface area (Å²) in [7, 11) is 0. The summed E-state index contributed by atoms with van der Waals surface area (Å²) in [5.41, 5.74) is 3.41. The topological polar surface area (TPSA) is 42.4 Å². The van der Waals surface area contributed by atoms with Gasteiger partial charge < -0.3 is 9.64 Å². The van der Waals surface area contributed by atoms with Crippen LogP contribution in [0.2, 0.25) is 0 Å². The number of rotatable bonds is 6. The predicted molar refractivity (Wildman–Crippen MR) is 96.5 cm³/mol. The Morgan fingerprint density at radius 2 is 2.17 bits per heavy atom. The molecule has 1 fully saturated rings. The van der Waals surface area contributed by atoms with Gasteiger partial charge in [0.2, 0.25) is 0 Å². The second-order valence-electron chi connectivity index (χ2n) is 6.18. The van der Waals surface area contributed by atoms with Gasteiger partial charge in [0.1, 0.15) is 12.4 Å². The Labute approximate surface area is 147 Å². The summed E-state index contributed by atoms with van der Waals surface area (Å²) in [6, 6.07) is 7.89. The second kappa shape index (κ2) is 8.29. The smallest absolute Gasteiger partial charge is 0.254 e. The molecule has 0 aliphatic heterocycles. The number of nitrogens with zero attached hydrogens (tertiary/aromatic N) is 2. The zero-order valence-corrected chi connectivity index (χ0v) is 14.9. The van der Waals surface area contributed by atoms with E-state index in [-0.39, 0.29) is 5.91 Å². The number of aromatic nitrogens is 1. The van der Waals surface area contributed by atoms with Crippen molar-refractivity contribution in [3.63, 3.8) is 0 Å².